The van der Waals surface area contributed by atoms with Crippen molar-refractivity contribution in [1.82, 2.24) is 10.2 Å². The fraction of sp³-hybridized carbons (Fsp3) is 0.632. The molecule has 0 aliphatic carbocycles. The highest BCUT2D eigenvalue weighted by atomic mass is 127. The highest BCUT2D eigenvalue weighted by molar-refractivity contribution is 14.0. The highest BCUT2D eigenvalue weighted by Crippen LogP contribution is 2.34. The Kier molecular flexibility index (Phi) is 10.4. The van der Waals surface area contributed by atoms with Gasteiger partial charge >= 0.3 is 6.18 Å². The van der Waals surface area contributed by atoms with Crippen LogP contribution >= 0.6 is 24.0 Å². The van der Waals surface area contributed by atoms with Crippen molar-refractivity contribution >= 4 is 29.9 Å². The minimum Gasteiger partial charge on any atom is -0.497 e. The Morgan fingerprint density at radius 1 is 1.25 bits per heavy atom. The summed E-state index contributed by atoms with van der Waals surface area (Å²) in [6, 6.07) is 3.97. The van der Waals surface area contributed by atoms with Crippen LogP contribution in [0.2, 0.25) is 0 Å². The molecule has 0 saturated carbocycles. The van der Waals surface area contributed by atoms with Gasteiger partial charge in [-0.05, 0) is 44.4 Å². The standard InChI is InChI=1S/C19H28F3N3O2.HI/c1-4-23-18(25-10-8-15(9-11-25)27-5-2)24-13-14-6-7-16(26-3)12-17(14)19(20,21)22;/h6-7,12,15H,4-5,8-11,13H2,1-3H3,(H,23,24);1H. The molecule has 1 heterocycles. The van der Waals surface area contributed by atoms with Crippen molar-refractivity contribution in [3.05, 3.63) is 29.3 Å². The molecule has 1 N–H and O–H groups in total. The van der Waals surface area contributed by atoms with Gasteiger partial charge in [-0.2, -0.15) is 13.2 Å². The number of benzene rings is 1. The van der Waals surface area contributed by atoms with Gasteiger partial charge in [0.1, 0.15) is 5.75 Å². The molecular formula is C19H29F3IN3O2. The van der Waals surface area contributed by atoms with Crippen molar-refractivity contribution in [3.8, 4) is 5.75 Å². The number of ether oxygens (including phenoxy) is 2. The van der Waals surface area contributed by atoms with E-state index in [1.165, 1.54) is 19.2 Å². The summed E-state index contributed by atoms with van der Waals surface area (Å²) in [6.07, 6.45) is -2.44. The Balaban J connectivity index is 0.00000392. The number of hydrogen-bond acceptors (Lipinski definition) is 3. The van der Waals surface area contributed by atoms with Gasteiger partial charge < -0.3 is 19.7 Å². The van der Waals surface area contributed by atoms with Crippen LogP contribution in [-0.2, 0) is 17.5 Å². The van der Waals surface area contributed by atoms with E-state index in [0.29, 0.717) is 19.1 Å². The van der Waals surface area contributed by atoms with Crippen molar-refractivity contribution in [2.45, 2.75) is 45.5 Å². The number of likely N-dealkylation sites (tertiary alicyclic amines) is 1. The summed E-state index contributed by atoms with van der Waals surface area (Å²) in [5, 5.41) is 3.18. The molecule has 1 saturated heterocycles. The zero-order valence-corrected chi connectivity index (χ0v) is 18.8. The Morgan fingerprint density at radius 2 is 1.93 bits per heavy atom. The first-order valence-electron chi connectivity index (χ1n) is 9.28. The molecule has 0 aromatic heterocycles. The van der Waals surface area contributed by atoms with Crippen LogP contribution < -0.4 is 10.1 Å². The summed E-state index contributed by atoms with van der Waals surface area (Å²) in [6.45, 7) is 6.75. The van der Waals surface area contributed by atoms with E-state index in [1.807, 2.05) is 13.8 Å². The zero-order chi connectivity index (χ0) is 19.9. The van der Waals surface area contributed by atoms with Crippen LogP contribution in [0.3, 0.4) is 0 Å². The Bertz CT molecular complexity index is 633. The Morgan fingerprint density at radius 3 is 2.46 bits per heavy atom. The van der Waals surface area contributed by atoms with Crippen molar-refractivity contribution in [3.63, 3.8) is 0 Å². The molecule has 28 heavy (non-hydrogen) atoms. The molecule has 1 fully saturated rings. The molecule has 0 amide bonds. The number of hydrogen-bond donors (Lipinski definition) is 1. The lowest BCUT2D eigenvalue weighted by Crippen LogP contribution is -2.47. The number of rotatable bonds is 6. The molecule has 0 spiro atoms. The van der Waals surface area contributed by atoms with Crippen LogP contribution in [0, 0.1) is 0 Å². The van der Waals surface area contributed by atoms with Gasteiger partial charge in [0.2, 0.25) is 0 Å². The number of methoxy groups -OCH3 is 1. The molecule has 1 aromatic carbocycles. The van der Waals surface area contributed by atoms with Gasteiger partial charge in [-0.25, -0.2) is 4.99 Å². The van der Waals surface area contributed by atoms with Gasteiger partial charge in [-0.3, -0.25) is 0 Å². The molecule has 0 atom stereocenters. The molecule has 0 radical (unpaired) electrons. The second-order valence-electron chi connectivity index (χ2n) is 6.33. The fourth-order valence-corrected chi connectivity index (χ4v) is 3.14. The topological polar surface area (TPSA) is 46.1 Å². The number of alkyl halides is 3. The first kappa shape index (κ1) is 24.8. The van der Waals surface area contributed by atoms with Gasteiger partial charge in [-0.1, -0.05) is 6.07 Å². The minimum atomic E-state index is -4.45. The number of nitrogens with zero attached hydrogens (tertiary/aromatic N) is 2. The lowest BCUT2D eigenvalue weighted by Gasteiger charge is -2.34. The predicted octanol–water partition coefficient (Wildman–Crippen LogP) is 4.30. The van der Waals surface area contributed by atoms with Crippen LogP contribution in [0.1, 0.15) is 37.8 Å². The van der Waals surface area contributed by atoms with E-state index in [2.05, 4.69) is 15.2 Å². The van der Waals surface area contributed by atoms with Crippen molar-refractivity contribution in [2.24, 2.45) is 4.99 Å². The van der Waals surface area contributed by atoms with Gasteiger partial charge in [-0.15, -0.1) is 24.0 Å². The molecule has 1 aromatic rings. The summed E-state index contributed by atoms with van der Waals surface area (Å²) < 4.78 is 50.7. The smallest absolute Gasteiger partial charge is 0.416 e. The summed E-state index contributed by atoms with van der Waals surface area (Å²) in [7, 11) is 1.35. The quantitative estimate of drug-likeness (QED) is 0.349. The van der Waals surface area contributed by atoms with Crippen molar-refractivity contribution in [2.75, 3.05) is 33.4 Å². The third-order valence-corrected chi connectivity index (χ3v) is 4.50. The van der Waals surface area contributed by atoms with E-state index >= 15 is 0 Å². The van der Waals surface area contributed by atoms with Crippen molar-refractivity contribution in [1.29, 1.82) is 0 Å². The van der Waals surface area contributed by atoms with E-state index in [0.717, 1.165) is 32.0 Å². The molecule has 1 aliphatic rings. The van der Waals surface area contributed by atoms with E-state index in [9.17, 15) is 13.2 Å². The molecule has 2 rings (SSSR count). The number of nitrogens with one attached hydrogen (secondary N) is 1. The fourth-order valence-electron chi connectivity index (χ4n) is 3.14. The van der Waals surface area contributed by atoms with E-state index in [1.54, 1.807) is 0 Å². The van der Waals surface area contributed by atoms with Gasteiger partial charge in [0.25, 0.3) is 0 Å². The largest absolute Gasteiger partial charge is 0.497 e. The number of piperidine rings is 1. The Hall–Kier alpha value is -1.23. The molecule has 9 heteroatoms. The summed E-state index contributed by atoms with van der Waals surface area (Å²) in [5.74, 6) is 0.816. The molecular weight excluding hydrogens is 486 g/mol. The van der Waals surface area contributed by atoms with Gasteiger partial charge in [0.05, 0.1) is 25.3 Å². The average molecular weight is 515 g/mol. The van der Waals surface area contributed by atoms with E-state index < -0.39 is 11.7 Å². The lowest BCUT2D eigenvalue weighted by atomic mass is 10.1. The lowest BCUT2D eigenvalue weighted by molar-refractivity contribution is -0.138. The maximum atomic E-state index is 13.4. The van der Waals surface area contributed by atoms with Crippen LogP contribution in [0.4, 0.5) is 13.2 Å². The molecule has 0 bridgehead atoms. The molecule has 0 unspecified atom stereocenters. The number of guanidine groups is 1. The third-order valence-electron chi connectivity index (χ3n) is 4.50. The van der Waals surface area contributed by atoms with Crippen LogP contribution in [0.5, 0.6) is 5.75 Å². The van der Waals surface area contributed by atoms with Crippen molar-refractivity contribution < 1.29 is 22.6 Å². The third kappa shape index (κ3) is 6.98. The predicted molar refractivity (Wildman–Crippen MR) is 114 cm³/mol. The normalized spacial score (nSPS) is 15.9. The first-order chi connectivity index (χ1) is 12.9. The first-order valence-corrected chi connectivity index (χ1v) is 9.28. The highest BCUT2D eigenvalue weighted by Gasteiger charge is 2.33. The summed E-state index contributed by atoms with van der Waals surface area (Å²) >= 11 is 0. The monoisotopic (exact) mass is 515 g/mol. The SMILES string of the molecule is CCNC(=NCc1ccc(OC)cc1C(F)(F)F)N1CCC(OCC)CC1.I. The van der Waals surface area contributed by atoms with Gasteiger partial charge in [0.15, 0.2) is 5.96 Å². The van der Waals surface area contributed by atoms with Crippen LogP contribution in [-0.4, -0.2) is 50.3 Å². The zero-order valence-electron chi connectivity index (χ0n) is 16.5. The maximum absolute atomic E-state index is 13.4. The molecule has 5 nitrogen and oxygen atoms in total. The van der Waals surface area contributed by atoms with Gasteiger partial charge in [0, 0.05) is 26.2 Å². The second kappa shape index (κ2) is 11.7. The summed E-state index contributed by atoms with van der Waals surface area (Å²) in [5.41, 5.74) is -0.584. The van der Waals surface area contributed by atoms with E-state index in [4.69, 9.17) is 9.47 Å². The second-order valence-corrected chi connectivity index (χ2v) is 6.33. The number of aliphatic imine (C=N–C) groups is 1. The van der Waals surface area contributed by atoms with E-state index in [-0.39, 0.29) is 47.9 Å². The maximum Gasteiger partial charge on any atom is 0.416 e. The number of halogens is 4. The van der Waals surface area contributed by atoms with Crippen LogP contribution in [0.25, 0.3) is 0 Å². The van der Waals surface area contributed by atoms with Crippen LogP contribution in [0.15, 0.2) is 23.2 Å². The Labute approximate surface area is 181 Å². The molecule has 160 valence electrons. The molecule has 1 aliphatic heterocycles. The average Bonchev–Trinajstić information content (AvgIpc) is 2.65. The minimum absolute atomic E-state index is 0. The summed E-state index contributed by atoms with van der Waals surface area (Å²) in [4.78, 5) is 6.54.